The Labute approximate surface area is 122 Å². The van der Waals surface area contributed by atoms with Gasteiger partial charge < -0.3 is 15.0 Å². The van der Waals surface area contributed by atoms with Crippen molar-refractivity contribution in [3.63, 3.8) is 0 Å². The van der Waals surface area contributed by atoms with Gasteiger partial charge in [-0.1, -0.05) is 27.2 Å². The van der Waals surface area contributed by atoms with Gasteiger partial charge in [-0.25, -0.2) is 9.97 Å². The molecule has 0 spiro atoms. The van der Waals surface area contributed by atoms with Gasteiger partial charge in [0.1, 0.15) is 18.8 Å². The Bertz CT molecular complexity index is 380. The predicted octanol–water partition coefficient (Wildman–Crippen LogP) is 2.58. The van der Waals surface area contributed by atoms with E-state index in [1.54, 1.807) is 6.33 Å². The van der Waals surface area contributed by atoms with Gasteiger partial charge in [-0.2, -0.15) is 0 Å². The number of hydrogen-bond acceptors (Lipinski definition) is 5. The van der Waals surface area contributed by atoms with Crippen LogP contribution in [-0.4, -0.2) is 47.7 Å². The molecule has 0 aliphatic carbocycles. The molecular formula is C15H28N4O. The minimum absolute atomic E-state index is 0.668. The fraction of sp³-hybridized carbons (Fsp3) is 0.733. The average molecular weight is 280 g/mol. The number of ether oxygens (including phenoxy) is 1. The monoisotopic (exact) mass is 280 g/mol. The van der Waals surface area contributed by atoms with Crippen molar-refractivity contribution in [1.82, 2.24) is 14.9 Å². The van der Waals surface area contributed by atoms with Crippen molar-refractivity contribution in [2.75, 3.05) is 38.1 Å². The molecule has 20 heavy (non-hydrogen) atoms. The summed E-state index contributed by atoms with van der Waals surface area (Å²) in [5.74, 6) is 1.63. The molecule has 1 aromatic heterocycles. The molecule has 0 atom stereocenters. The van der Waals surface area contributed by atoms with Crippen molar-refractivity contribution in [2.24, 2.45) is 0 Å². The van der Waals surface area contributed by atoms with E-state index in [2.05, 4.69) is 47.9 Å². The third-order valence-corrected chi connectivity index (χ3v) is 3.29. The first-order chi connectivity index (χ1) is 9.76. The average Bonchev–Trinajstić information content (AvgIpc) is 2.47. The van der Waals surface area contributed by atoms with E-state index in [9.17, 15) is 0 Å². The van der Waals surface area contributed by atoms with Crippen LogP contribution in [0.2, 0.25) is 0 Å². The van der Waals surface area contributed by atoms with E-state index in [0.717, 1.165) is 56.3 Å². The second-order valence-electron chi connectivity index (χ2n) is 4.66. The molecule has 0 aliphatic heterocycles. The van der Waals surface area contributed by atoms with Crippen LogP contribution in [0.25, 0.3) is 0 Å². The number of hydrogen-bond donors (Lipinski definition) is 1. The van der Waals surface area contributed by atoms with Crippen molar-refractivity contribution >= 4 is 5.82 Å². The molecule has 0 saturated carbocycles. The summed E-state index contributed by atoms with van der Waals surface area (Å²) in [6.45, 7) is 13.1. The van der Waals surface area contributed by atoms with Crippen LogP contribution in [0.15, 0.2) is 6.33 Å². The number of likely N-dealkylation sites (N-methyl/N-ethyl adjacent to an activating group) is 1. The zero-order valence-corrected chi connectivity index (χ0v) is 13.3. The Morgan fingerprint density at radius 3 is 2.50 bits per heavy atom. The Morgan fingerprint density at radius 1 is 1.15 bits per heavy atom. The number of anilines is 1. The van der Waals surface area contributed by atoms with Crippen LogP contribution in [0.4, 0.5) is 5.82 Å². The second kappa shape index (κ2) is 9.53. The molecule has 1 aromatic rings. The Hall–Kier alpha value is -1.36. The van der Waals surface area contributed by atoms with Crippen molar-refractivity contribution in [3.8, 4) is 5.88 Å². The smallest absolute Gasteiger partial charge is 0.221 e. The quantitative estimate of drug-likeness (QED) is 0.714. The van der Waals surface area contributed by atoms with E-state index in [4.69, 9.17) is 4.74 Å². The maximum Gasteiger partial charge on any atom is 0.221 e. The fourth-order valence-corrected chi connectivity index (χ4v) is 2.13. The summed E-state index contributed by atoms with van der Waals surface area (Å²) in [6.07, 6.45) is 3.56. The second-order valence-corrected chi connectivity index (χ2v) is 4.66. The van der Waals surface area contributed by atoms with Crippen molar-refractivity contribution in [3.05, 3.63) is 11.9 Å². The van der Waals surface area contributed by atoms with E-state index >= 15 is 0 Å². The molecule has 0 aliphatic rings. The minimum atomic E-state index is 0.668. The molecule has 1 N–H and O–H groups in total. The van der Waals surface area contributed by atoms with Crippen molar-refractivity contribution in [1.29, 1.82) is 0 Å². The van der Waals surface area contributed by atoms with Gasteiger partial charge in [0.05, 0.1) is 5.56 Å². The zero-order valence-electron chi connectivity index (χ0n) is 13.3. The first-order valence-electron chi connectivity index (χ1n) is 7.69. The van der Waals surface area contributed by atoms with Crippen LogP contribution in [0, 0.1) is 0 Å². The third-order valence-electron chi connectivity index (χ3n) is 3.29. The van der Waals surface area contributed by atoms with E-state index in [1.807, 2.05) is 0 Å². The Kier molecular flexibility index (Phi) is 7.95. The van der Waals surface area contributed by atoms with Crippen LogP contribution >= 0.6 is 0 Å². The predicted molar refractivity (Wildman–Crippen MR) is 83.5 cm³/mol. The first-order valence-corrected chi connectivity index (χ1v) is 7.69. The highest BCUT2D eigenvalue weighted by molar-refractivity contribution is 5.48. The minimum Gasteiger partial charge on any atom is -0.476 e. The lowest BCUT2D eigenvalue weighted by Gasteiger charge is -2.19. The lowest BCUT2D eigenvalue weighted by Crippen LogP contribution is -2.28. The summed E-state index contributed by atoms with van der Waals surface area (Å²) < 4.78 is 5.88. The molecular weight excluding hydrogens is 252 g/mol. The lowest BCUT2D eigenvalue weighted by molar-refractivity contribution is 0.216. The van der Waals surface area contributed by atoms with Crippen molar-refractivity contribution in [2.45, 2.75) is 40.5 Å². The number of nitrogens with one attached hydrogen (secondary N) is 1. The molecule has 5 heteroatoms. The van der Waals surface area contributed by atoms with Gasteiger partial charge in [-0.15, -0.1) is 0 Å². The lowest BCUT2D eigenvalue weighted by atomic mass is 10.1. The standard InChI is InChI=1S/C15H28N4O/c1-5-9-13-14(16-6-2)17-12-18-15(13)20-11-10-19(7-3)8-4/h12H,5-11H2,1-4H3,(H,16,17,18). The topological polar surface area (TPSA) is 50.3 Å². The first kappa shape index (κ1) is 16.7. The van der Waals surface area contributed by atoms with Crippen LogP contribution < -0.4 is 10.1 Å². The Morgan fingerprint density at radius 2 is 1.90 bits per heavy atom. The number of rotatable bonds is 10. The van der Waals surface area contributed by atoms with E-state index < -0.39 is 0 Å². The normalized spacial score (nSPS) is 10.8. The molecule has 114 valence electrons. The van der Waals surface area contributed by atoms with E-state index in [-0.39, 0.29) is 0 Å². The molecule has 0 amide bonds. The van der Waals surface area contributed by atoms with Gasteiger partial charge in [0.15, 0.2) is 0 Å². The molecule has 5 nitrogen and oxygen atoms in total. The molecule has 0 aromatic carbocycles. The van der Waals surface area contributed by atoms with E-state index in [0.29, 0.717) is 6.61 Å². The summed E-state index contributed by atoms with van der Waals surface area (Å²) in [5, 5.41) is 3.28. The number of nitrogens with zero attached hydrogens (tertiary/aromatic N) is 3. The molecule has 1 rings (SSSR count). The summed E-state index contributed by atoms with van der Waals surface area (Å²) in [4.78, 5) is 10.9. The maximum absolute atomic E-state index is 5.88. The van der Waals surface area contributed by atoms with Gasteiger partial charge >= 0.3 is 0 Å². The molecule has 0 radical (unpaired) electrons. The summed E-state index contributed by atoms with van der Waals surface area (Å²) in [7, 11) is 0. The summed E-state index contributed by atoms with van der Waals surface area (Å²) in [6, 6.07) is 0. The van der Waals surface area contributed by atoms with Gasteiger partial charge in [-0.05, 0) is 26.4 Å². The molecule has 1 heterocycles. The van der Waals surface area contributed by atoms with Gasteiger partial charge in [0, 0.05) is 13.1 Å². The van der Waals surface area contributed by atoms with Crippen molar-refractivity contribution < 1.29 is 4.74 Å². The molecule has 0 fully saturated rings. The van der Waals surface area contributed by atoms with Crippen LogP contribution in [0.3, 0.4) is 0 Å². The SMILES string of the molecule is CCCc1c(NCC)ncnc1OCCN(CC)CC. The van der Waals surface area contributed by atoms with E-state index in [1.165, 1.54) is 0 Å². The highest BCUT2D eigenvalue weighted by atomic mass is 16.5. The van der Waals surface area contributed by atoms with Crippen LogP contribution in [0.5, 0.6) is 5.88 Å². The van der Waals surface area contributed by atoms with Crippen LogP contribution in [-0.2, 0) is 6.42 Å². The fourth-order valence-electron chi connectivity index (χ4n) is 2.13. The molecule has 0 unspecified atom stereocenters. The third kappa shape index (κ3) is 4.96. The molecule has 0 bridgehead atoms. The van der Waals surface area contributed by atoms with Crippen LogP contribution in [0.1, 0.15) is 39.7 Å². The summed E-state index contributed by atoms with van der Waals surface area (Å²) >= 11 is 0. The number of aromatic nitrogens is 2. The zero-order chi connectivity index (χ0) is 14.8. The maximum atomic E-state index is 5.88. The van der Waals surface area contributed by atoms with Gasteiger partial charge in [0.2, 0.25) is 5.88 Å². The summed E-state index contributed by atoms with van der Waals surface area (Å²) in [5.41, 5.74) is 1.09. The molecule has 0 saturated heterocycles. The highest BCUT2D eigenvalue weighted by Gasteiger charge is 2.11. The Balaban J connectivity index is 2.70. The highest BCUT2D eigenvalue weighted by Crippen LogP contribution is 2.23. The van der Waals surface area contributed by atoms with Gasteiger partial charge in [0.25, 0.3) is 0 Å². The van der Waals surface area contributed by atoms with Gasteiger partial charge in [-0.3, -0.25) is 0 Å². The largest absolute Gasteiger partial charge is 0.476 e.